The van der Waals surface area contributed by atoms with E-state index in [1.165, 1.54) is 5.57 Å². The minimum atomic E-state index is -1.19. The maximum Gasteiger partial charge on any atom is 0.451 e. The van der Waals surface area contributed by atoms with Crippen molar-refractivity contribution in [3.63, 3.8) is 0 Å². The first kappa shape index (κ1) is 22.2. The van der Waals surface area contributed by atoms with Gasteiger partial charge >= 0.3 is 7.12 Å². The molecular weight excluding hydrogens is 311 g/mol. The lowest BCUT2D eigenvalue weighted by atomic mass is 9.75. The maximum atomic E-state index is 8.92. The van der Waals surface area contributed by atoms with Crippen LogP contribution < -0.4 is 5.73 Å². The maximum absolute atomic E-state index is 8.92. The fraction of sp³-hybridized carbons (Fsp3) is 0.700. The third-order valence-corrected chi connectivity index (χ3v) is 5.48. The fourth-order valence-electron chi connectivity index (χ4n) is 3.76. The molecule has 0 aliphatic carbocycles. The van der Waals surface area contributed by atoms with Gasteiger partial charge in [-0.25, -0.2) is 0 Å². The van der Waals surface area contributed by atoms with Gasteiger partial charge in [0.2, 0.25) is 0 Å². The SMILES string of the molecule is C=C/C=C(\C=C)CCCN1CCC(C(C)(N)CCCCB(O)O)CC1. The first-order valence-electron chi connectivity index (χ1n) is 9.70. The van der Waals surface area contributed by atoms with Gasteiger partial charge in [0, 0.05) is 5.54 Å². The molecule has 1 aliphatic heterocycles. The average molecular weight is 348 g/mol. The summed E-state index contributed by atoms with van der Waals surface area (Å²) in [6, 6.07) is 0. The van der Waals surface area contributed by atoms with Crippen LogP contribution in [0.4, 0.5) is 0 Å². The predicted octanol–water partition coefficient (Wildman–Crippen LogP) is 3.14. The number of nitrogens with zero attached hydrogens (tertiary/aromatic N) is 1. The number of allylic oxidation sites excluding steroid dienone is 4. The first-order valence-corrected chi connectivity index (χ1v) is 9.70. The lowest BCUT2D eigenvalue weighted by Crippen LogP contribution is -2.49. The number of likely N-dealkylation sites (tertiary alicyclic amines) is 1. The first-order chi connectivity index (χ1) is 11.9. The smallest absolute Gasteiger partial charge is 0.427 e. The van der Waals surface area contributed by atoms with Crippen LogP contribution in [0.2, 0.25) is 6.32 Å². The van der Waals surface area contributed by atoms with Gasteiger partial charge in [-0.15, -0.1) is 0 Å². The zero-order valence-electron chi connectivity index (χ0n) is 16.0. The van der Waals surface area contributed by atoms with Crippen LogP contribution in [-0.4, -0.2) is 47.2 Å². The highest BCUT2D eigenvalue weighted by Crippen LogP contribution is 2.30. The summed E-state index contributed by atoms with van der Waals surface area (Å²) in [5.41, 5.74) is 7.69. The molecule has 142 valence electrons. The van der Waals surface area contributed by atoms with Crippen LogP contribution in [0.25, 0.3) is 0 Å². The van der Waals surface area contributed by atoms with Crippen molar-refractivity contribution in [2.75, 3.05) is 19.6 Å². The molecular formula is C20H37BN2O2. The quantitative estimate of drug-likeness (QED) is 0.288. The Morgan fingerprint density at radius 2 is 1.92 bits per heavy atom. The minimum absolute atomic E-state index is 0.144. The number of hydrogen-bond donors (Lipinski definition) is 3. The van der Waals surface area contributed by atoms with Crippen molar-refractivity contribution in [2.24, 2.45) is 11.7 Å². The van der Waals surface area contributed by atoms with Crippen molar-refractivity contribution in [1.82, 2.24) is 4.90 Å². The molecule has 1 heterocycles. The number of nitrogens with two attached hydrogens (primary N) is 1. The largest absolute Gasteiger partial charge is 0.451 e. The summed E-state index contributed by atoms with van der Waals surface area (Å²) in [6.45, 7) is 13.1. The van der Waals surface area contributed by atoms with E-state index in [1.54, 1.807) is 0 Å². The van der Waals surface area contributed by atoms with Crippen LogP contribution in [0.1, 0.15) is 51.9 Å². The van der Waals surface area contributed by atoms with Gasteiger partial charge in [-0.1, -0.05) is 44.2 Å². The monoisotopic (exact) mass is 348 g/mol. The minimum Gasteiger partial charge on any atom is -0.427 e. The van der Waals surface area contributed by atoms with E-state index in [1.807, 2.05) is 18.2 Å². The molecule has 0 radical (unpaired) electrons. The van der Waals surface area contributed by atoms with Crippen LogP contribution in [-0.2, 0) is 0 Å². The molecule has 1 unspecified atom stereocenters. The molecule has 1 saturated heterocycles. The summed E-state index contributed by atoms with van der Waals surface area (Å²) in [7, 11) is -1.19. The second kappa shape index (κ2) is 11.7. The second-order valence-electron chi connectivity index (χ2n) is 7.63. The van der Waals surface area contributed by atoms with Crippen LogP contribution >= 0.6 is 0 Å². The summed E-state index contributed by atoms with van der Waals surface area (Å²) < 4.78 is 0. The van der Waals surface area contributed by atoms with Crippen molar-refractivity contribution in [3.05, 3.63) is 37.0 Å². The number of hydrogen-bond acceptors (Lipinski definition) is 4. The highest BCUT2D eigenvalue weighted by Gasteiger charge is 2.32. The normalized spacial score (nSPS) is 19.4. The second-order valence-corrected chi connectivity index (χ2v) is 7.63. The highest BCUT2D eigenvalue weighted by molar-refractivity contribution is 6.40. The van der Waals surface area contributed by atoms with Gasteiger partial charge in [-0.2, -0.15) is 0 Å². The van der Waals surface area contributed by atoms with Crippen molar-refractivity contribution < 1.29 is 10.0 Å². The lowest BCUT2D eigenvalue weighted by Gasteiger charge is -2.40. The summed E-state index contributed by atoms with van der Waals surface area (Å²) in [5.74, 6) is 0.562. The lowest BCUT2D eigenvalue weighted by molar-refractivity contribution is 0.129. The van der Waals surface area contributed by atoms with Crippen molar-refractivity contribution in [3.8, 4) is 0 Å². The van der Waals surface area contributed by atoms with E-state index >= 15 is 0 Å². The molecule has 5 heteroatoms. The third-order valence-electron chi connectivity index (χ3n) is 5.48. The van der Waals surface area contributed by atoms with E-state index in [2.05, 4.69) is 25.0 Å². The summed E-state index contributed by atoms with van der Waals surface area (Å²) in [6.07, 6.45) is 13.5. The van der Waals surface area contributed by atoms with Gasteiger partial charge in [-0.3, -0.25) is 0 Å². The average Bonchev–Trinajstić information content (AvgIpc) is 2.58. The van der Waals surface area contributed by atoms with Gasteiger partial charge in [0.25, 0.3) is 0 Å². The van der Waals surface area contributed by atoms with E-state index in [4.69, 9.17) is 15.8 Å². The van der Waals surface area contributed by atoms with Gasteiger partial charge in [-0.05, 0) is 76.5 Å². The van der Waals surface area contributed by atoms with E-state index in [0.29, 0.717) is 12.2 Å². The fourth-order valence-corrected chi connectivity index (χ4v) is 3.76. The van der Waals surface area contributed by atoms with Crippen molar-refractivity contribution in [2.45, 2.75) is 63.7 Å². The molecule has 0 aromatic heterocycles. The summed E-state index contributed by atoms with van der Waals surface area (Å²) in [5, 5.41) is 17.8. The van der Waals surface area contributed by atoms with E-state index < -0.39 is 7.12 Å². The molecule has 4 N–H and O–H groups in total. The molecule has 1 rings (SSSR count). The Morgan fingerprint density at radius 1 is 1.24 bits per heavy atom. The van der Waals surface area contributed by atoms with E-state index in [9.17, 15) is 0 Å². The van der Waals surface area contributed by atoms with E-state index in [-0.39, 0.29) is 5.54 Å². The van der Waals surface area contributed by atoms with E-state index in [0.717, 1.165) is 64.6 Å². The van der Waals surface area contributed by atoms with Gasteiger partial charge < -0.3 is 20.7 Å². The van der Waals surface area contributed by atoms with Gasteiger partial charge in [0.05, 0.1) is 0 Å². The molecule has 0 amide bonds. The van der Waals surface area contributed by atoms with Gasteiger partial charge in [0.15, 0.2) is 0 Å². The predicted molar refractivity (Wildman–Crippen MR) is 108 cm³/mol. The topological polar surface area (TPSA) is 69.7 Å². The number of unbranched alkanes of at least 4 members (excludes halogenated alkanes) is 1. The number of piperidine rings is 1. The Bertz CT molecular complexity index is 427. The standard InChI is InChI=1S/C20H37BN2O2/c1-4-9-18(5-2)10-8-15-23-16-11-19(12-17-23)20(3,22)13-6-7-14-21(24)25/h4-5,9,19,24-25H,1-2,6-8,10-17,22H2,3H3/b18-9+. The molecule has 0 aromatic rings. The third kappa shape index (κ3) is 8.86. The molecule has 4 nitrogen and oxygen atoms in total. The summed E-state index contributed by atoms with van der Waals surface area (Å²) in [4.78, 5) is 2.54. The van der Waals surface area contributed by atoms with Crippen LogP contribution in [0.5, 0.6) is 0 Å². The Morgan fingerprint density at radius 3 is 2.48 bits per heavy atom. The molecule has 0 bridgehead atoms. The van der Waals surface area contributed by atoms with Crippen LogP contribution in [0.3, 0.4) is 0 Å². The van der Waals surface area contributed by atoms with Crippen molar-refractivity contribution in [1.29, 1.82) is 0 Å². The Hall–Kier alpha value is -0.875. The Kier molecular flexibility index (Phi) is 10.4. The zero-order chi connectivity index (χ0) is 18.7. The Labute approximate surface area is 154 Å². The Balaban J connectivity index is 2.26. The van der Waals surface area contributed by atoms with Crippen LogP contribution in [0.15, 0.2) is 37.0 Å². The molecule has 1 fully saturated rings. The molecule has 25 heavy (non-hydrogen) atoms. The van der Waals surface area contributed by atoms with Crippen LogP contribution in [0, 0.1) is 5.92 Å². The summed E-state index contributed by atoms with van der Waals surface area (Å²) >= 11 is 0. The molecule has 0 saturated carbocycles. The molecule has 1 aliphatic rings. The van der Waals surface area contributed by atoms with Crippen molar-refractivity contribution >= 4 is 7.12 Å². The van der Waals surface area contributed by atoms with Gasteiger partial charge in [0.1, 0.15) is 0 Å². The number of rotatable bonds is 12. The molecule has 0 spiro atoms. The zero-order valence-corrected chi connectivity index (χ0v) is 16.0. The molecule has 1 atom stereocenters. The molecule has 0 aromatic carbocycles. The highest BCUT2D eigenvalue weighted by atomic mass is 16.4.